The van der Waals surface area contributed by atoms with Gasteiger partial charge in [0.05, 0.1) is 35.3 Å². The Morgan fingerprint density at radius 1 is 1.06 bits per heavy atom. The maximum Gasteiger partial charge on any atom is 0.244 e. The number of aromatic nitrogens is 2. The van der Waals surface area contributed by atoms with Gasteiger partial charge in [0.25, 0.3) is 0 Å². The molecule has 1 aliphatic heterocycles. The van der Waals surface area contributed by atoms with Crippen molar-refractivity contribution in [2.45, 2.75) is 5.16 Å². The average Bonchev–Trinajstić information content (AvgIpc) is 3.20. The van der Waals surface area contributed by atoms with E-state index < -0.39 is 0 Å². The highest BCUT2D eigenvalue weighted by Gasteiger charge is 2.27. The molecule has 2 heterocycles. The highest BCUT2D eigenvalue weighted by molar-refractivity contribution is 7.99. The van der Waals surface area contributed by atoms with Crippen LogP contribution < -0.4 is 15.0 Å². The molecule has 160 valence electrons. The number of ether oxygens (including phenoxy) is 1. The smallest absolute Gasteiger partial charge is 0.244 e. The molecule has 0 radical (unpaired) electrons. The van der Waals surface area contributed by atoms with E-state index in [9.17, 15) is 9.59 Å². The number of fused-ring (bicyclic) bond motifs is 2. The van der Waals surface area contributed by atoms with Crippen LogP contribution in [0.1, 0.15) is 0 Å². The van der Waals surface area contributed by atoms with Gasteiger partial charge >= 0.3 is 0 Å². The zero-order chi connectivity index (χ0) is 22.1. The Balaban J connectivity index is 1.45. The van der Waals surface area contributed by atoms with Crippen LogP contribution in [-0.2, 0) is 9.59 Å². The molecule has 8 heteroatoms. The first-order chi connectivity index (χ1) is 15.6. The maximum atomic E-state index is 13.1. The largest absolute Gasteiger partial charge is 0.497 e. The highest BCUT2D eigenvalue weighted by Crippen LogP contribution is 2.32. The van der Waals surface area contributed by atoms with Crippen LogP contribution in [-0.4, -0.2) is 40.8 Å². The molecular weight excluding hydrogens is 424 g/mol. The standard InChI is InChI=1S/C24H20N4O3S/c1-31-17-12-10-16(11-13-17)28-21-9-5-3-7-19(21)26-24(28)32-15-23(30)27-14-22(29)25-18-6-2-4-8-20(18)27/h2-13H,14-15H2,1H3,(H,25,29). The molecule has 0 bridgehead atoms. The normalized spacial score (nSPS) is 13.0. The summed E-state index contributed by atoms with van der Waals surface area (Å²) >= 11 is 1.35. The first kappa shape index (κ1) is 20.1. The summed E-state index contributed by atoms with van der Waals surface area (Å²) in [6, 6.07) is 22.9. The predicted octanol–water partition coefficient (Wildman–Crippen LogP) is 4.11. The van der Waals surface area contributed by atoms with Gasteiger partial charge in [0.15, 0.2) is 5.16 Å². The fraction of sp³-hybridized carbons (Fsp3) is 0.125. The van der Waals surface area contributed by atoms with Crippen molar-refractivity contribution < 1.29 is 14.3 Å². The second kappa shape index (κ2) is 8.39. The second-order valence-corrected chi connectivity index (χ2v) is 8.19. The van der Waals surface area contributed by atoms with Crippen LogP contribution in [0, 0.1) is 0 Å². The van der Waals surface area contributed by atoms with E-state index in [1.165, 1.54) is 16.7 Å². The van der Waals surface area contributed by atoms with Gasteiger partial charge in [-0.3, -0.25) is 14.2 Å². The third kappa shape index (κ3) is 3.69. The molecule has 0 atom stereocenters. The predicted molar refractivity (Wildman–Crippen MR) is 126 cm³/mol. The third-order valence-corrected chi connectivity index (χ3v) is 6.18. The van der Waals surface area contributed by atoms with E-state index in [-0.39, 0.29) is 24.1 Å². The molecule has 0 aliphatic carbocycles. The van der Waals surface area contributed by atoms with Gasteiger partial charge in [-0.25, -0.2) is 4.98 Å². The van der Waals surface area contributed by atoms with Crippen molar-refractivity contribution in [1.82, 2.24) is 9.55 Å². The number of benzene rings is 3. The fourth-order valence-electron chi connectivity index (χ4n) is 3.74. The lowest BCUT2D eigenvalue weighted by Gasteiger charge is -2.29. The number of rotatable bonds is 5. The zero-order valence-corrected chi connectivity index (χ0v) is 18.1. The lowest BCUT2D eigenvalue weighted by Crippen LogP contribution is -2.43. The minimum Gasteiger partial charge on any atom is -0.497 e. The molecule has 0 saturated carbocycles. The molecule has 1 aromatic heterocycles. The van der Waals surface area contributed by atoms with Gasteiger partial charge in [0, 0.05) is 5.69 Å². The van der Waals surface area contributed by atoms with Gasteiger partial charge in [0.2, 0.25) is 11.8 Å². The van der Waals surface area contributed by atoms with Gasteiger partial charge in [-0.15, -0.1) is 0 Å². The Hall–Kier alpha value is -3.78. The molecule has 0 spiro atoms. The summed E-state index contributed by atoms with van der Waals surface area (Å²) in [7, 11) is 1.63. The molecule has 7 nitrogen and oxygen atoms in total. The molecule has 1 N–H and O–H groups in total. The van der Waals surface area contributed by atoms with E-state index in [1.807, 2.05) is 71.3 Å². The number of nitrogens with zero attached hydrogens (tertiary/aromatic N) is 3. The van der Waals surface area contributed by atoms with Gasteiger partial charge in [-0.2, -0.15) is 0 Å². The van der Waals surface area contributed by atoms with Crippen LogP contribution in [0.5, 0.6) is 5.75 Å². The Morgan fingerprint density at radius 3 is 2.62 bits per heavy atom. The van der Waals surface area contributed by atoms with Crippen LogP contribution in [0.15, 0.2) is 78.0 Å². The minimum absolute atomic E-state index is 0.00526. The summed E-state index contributed by atoms with van der Waals surface area (Å²) < 4.78 is 7.31. The van der Waals surface area contributed by atoms with Crippen molar-refractivity contribution >= 4 is 46.0 Å². The molecular formula is C24H20N4O3S. The lowest BCUT2D eigenvalue weighted by molar-refractivity contribution is -0.120. The summed E-state index contributed by atoms with van der Waals surface area (Å²) in [4.78, 5) is 31.5. The number of carbonyl (C=O) groups excluding carboxylic acids is 2. The van der Waals surface area contributed by atoms with Gasteiger partial charge in [-0.05, 0) is 48.5 Å². The van der Waals surface area contributed by atoms with Gasteiger partial charge in [-0.1, -0.05) is 36.0 Å². The van der Waals surface area contributed by atoms with Crippen LogP contribution >= 0.6 is 11.8 Å². The van der Waals surface area contributed by atoms with Crippen molar-refractivity contribution in [3.63, 3.8) is 0 Å². The van der Waals surface area contributed by atoms with Crippen molar-refractivity contribution in [3.05, 3.63) is 72.8 Å². The Bertz CT molecular complexity index is 1320. The van der Waals surface area contributed by atoms with Crippen molar-refractivity contribution in [1.29, 1.82) is 0 Å². The number of imidazole rings is 1. The Kier molecular flexibility index (Phi) is 5.28. The number of hydrogen-bond acceptors (Lipinski definition) is 5. The molecule has 3 aromatic carbocycles. The van der Waals surface area contributed by atoms with Crippen LogP contribution in [0.25, 0.3) is 16.7 Å². The first-order valence-corrected chi connectivity index (χ1v) is 11.1. The van der Waals surface area contributed by atoms with Crippen molar-refractivity contribution in [2.24, 2.45) is 0 Å². The summed E-state index contributed by atoms with van der Waals surface area (Å²) in [6.07, 6.45) is 0. The van der Waals surface area contributed by atoms with E-state index in [0.717, 1.165) is 22.5 Å². The Morgan fingerprint density at radius 2 is 1.81 bits per heavy atom. The fourth-order valence-corrected chi connectivity index (χ4v) is 4.65. The molecule has 2 amide bonds. The zero-order valence-electron chi connectivity index (χ0n) is 17.3. The molecule has 0 saturated heterocycles. The maximum absolute atomic E-state index is 13.1. The van der Waals surface area contributed by atoms with Crippen LogP contribution in [0.3, 0.4) is 0 Å². The highest BCUT2D eigenvalue weighted by atomic mass is 32.2. The molecule has 0 fully saturated rings. The summed E-state index contributed by atoms with van der Waals surface area (Å²) in [5.41, 5.74) is 4.09. The van der Waals surface area contributed by atoms with Gasteiger partial charge < -0.3 is 15.0 Å². The number of anilines is 2. The molecule has 0 unspecified atom stereocenters. The van der Waals surface area contributed by atoms with Crippen LogP contribution in [0.4, 0.5) is 11.4 Å². The average molecular weight is 445 g/mol. The number of thioether (sulfide) groups is 1. The first-order valence-electron chi connectivity index (χ1n) is 10.1. The van der Waals surface area contributed by atoms with E-state index in [0.29, 0.717) is 16.5 Å². The van der Waals surface area contributed by atoms with Crippen LogP contribution in [0.2, 0.25) is 0 Å². The van der Waals surface area contributed by atoms with Gasteiger partial charge in [0.1, 0.15) is 12.3 Å². The van der Waals surface area contributed by atoms with Crippen molar-refractivity contribution in [2.75, 3.05) is 29.6 Å². The number of hydrogen-bond donors (Lipinski definition) is 1. The quantitative estimate of drug-likeness (QED) is 0.469. The van der Waals surface area contributed by atoms with E-state index in [2.05, 4.69) is 5.32 Å². The number of methoxy groups -OCH3 is 1. The minimum atomic E-state index is -0.201. The third-order valence-electron chi connectivity index (χ3n) is 5.26. The number of para-hydroxylation sites is 4. The number of amides is 2. The summed E-state index contributed by atoms with van der Waals surface area (Å²) in [6.45, 7) is 0.00526. The van der Waals surface area contributed by atoms with E-state index in [4.69, 9.17) is 9.72 Å². The summed E-state index contributed by atoms with van der Waals surface area (Å²) in [5.74, 6) is 0.573. The number of nitrogens with one attached hydrogen (secondary N) is 1. The second-order valence-electron chi connectivity index (χ2n) is 7.25. The van der Waals surface area contributed by atoms with Crippen molar-refractivity contribution in [3.8, 4) is 11.4 Å². The molecule has 4 aromatic rings. The molecule has 5 rings (SSSR count). The van der Waals surface area contributed by atoms with E-state index >= 15 is 0 Å². The Labute approximate surface area is 189 Å². The number of carbonyl (C=O) groups is 2. The monoisotopic (exact) mass is 444 g/mol. The topological polar surface area (TPSA) is 76.5 Å². The lowest BCUT2D eigenvalue weighted by atomic mass is 10.2. The summed E-state index contributed by atoms with van der Waals surface area (Å²) in [5, 5.41) is 3.52. The van der Waals surface area contributed by atoms with E-state index in [1.54, 1.807) is 13.2 Å². The SMILES string of the molecule is COc1ccc(-n2c(SCC(=O)N3CC(=O)Nc4ccccc43)nc3ccccc32)cc1. The molecule has 32 heavy (non-hydrogen) atoms. The molecule has 1 aliphatic rings.